The van der Waals surface area contributed by atoms with Crippen molar-refractivity contribution in [3.63, 3.8) is 0 Å². The van der Waals surface area contributed by atoms with E-state index in [2.05, 4.69) is 5.32 Å². The lowest BCUT2D eigenvalue weighted by Crippen LogP contribution is -2.16. The third-order valence-electron chi connectivity index (χ3n) is 1.05. The van der Waals surface area contributed by atoms with Gasteiger partial charge < -0.3 is 10.1 Å². The zero-order chi connectivity index (χ0) is 6.41. The van der Waals surface area contributed by atoms with Gasteiger partial charge in [0.2, 0.25) is 0 Å². The summed E-state index contributed by atoms with van der Waals surface area (Å²) in [5, 5.41) is 2.99. The van der Waals surface area contributed by atoms with Gasteiger partial charge >= 0.3 is 0 Å². The summed E-state index contributed by atoms with van der Waals surface area (Å²) in [6.45, 7) is 2.98. The van der Waals surface area contributed by atoms with Crippen LogP contribution in [-0.2, 0) is 4.79 Å². The van der Waals surface area contributed by atoms with Crippen LogP contribution in [0.5, 0.6) is 0 Å². The van der Waals surface area contributed by atoms with Crippen molar-refractivity contribution in [2.24, 2.45) is 5.92 Å². The van der Waals surface area contributed by atoms with Gasteiger partial charge in [-0.1, -0.05) is 6.92 Å². The van der Waals surface area contributed by atoms with E-state index < -0.39 is 0 Å². The van der Waals surface area contributed by atoms with E-state index in [-0.39, 0.29) is 0 Å². The predicted molar refractivity (Wildman–Crippen MR) is 33.8 cm³/mol. The van der Waals surface area contributed by atoms with Crippen LogP contribution in [0, 0.1) is 5.92 Å². The molecule has 0 amide bonds. The molecule has 0 fully saturated rings. The van der Waals surface area contributed by atoms with Crippen molar-refractivity contribution >= 4 is 6.29 Å². The summed E-state index contributed by atoms with van der Waals surface area (Å²) in [7, 11) is 1.89. The van der Waals surface area contributed by atoms with Crippen LogP contribution in [0.1, 0.15) is 13.3 Å². The maximum absolute atomic E-state index is 9.86. The van der Waals surface area contributed by atoms with E-state index in [1.807, 2.05) is 14.0 Å². The second-order valence-corrected chi connectivity index (χ2v) is 2.07. The van der Waals surface area contributed by atoms with Crippen LogP contribution in [0.2, 0.25) is 0 Å². The molecule has 8 heavy (non-hydrogen) atoms. The van der Waals surface area contributed by atoms with Crippen molar-refractivity contribution in [1.29, 1.82) is 0 Å². The summed E-state index contributed by atoms with van der Waals surface area (Å²) < 4.78 is 0. The monoisotopic (exact) mass is 115 g/mol. The van der Waals surface area contributed by atoms with E-state index in [1.165, 1.54) is 0 Å². The first kappa shape index (κ1) is 7.63. The van der Waals surface area contributed by atoms with Gasteiger partial charge in [0.25, 0.3) is 0 Å². The standard InChI is InChI=1S/C6H13NO/c1-6(3-4-8)5-7-2/h4,6-7H,3,5H2,1-2H3. The van der Waals surface area contributed by atoms with E-state index in [0.29, 0.717) is 12.3 Å². The average Bonchev–Trinajstić information content (AvgIpc) is 1.68. The Kier molecular flexibility index (Phi) is 4.56. The Balaban J connectivity index is 3.03. The predicted octanol–water partition coefficient (Wildman–Crippen LogP) is 0.431. The minimum atomic E-state index is 0.484. The molecule has 0 aromatic rings. The number of rotatable bonds is 4. The lowest BCUT2D eigenvalue weighted by molar-refractivity contribution is -0.108. The molecule has 0 radical (unpaired) electrons. The van der Waals surface area contributed by atoms with Crippen molar-refractivity contribution in [2.45, 2.75) is 13.3 Å². The largest absolute Gasteiger partial charge is 0.319 e. The minimum absolute atomic E-state index is 0.484. The molecule has 0 aliphatic heterocycles. The van der Waals surface area contributed by atoms with Gasteiger partial charge in [-0.3, -0.25) is 0 Å². The first-order valence-corrected chi connectivity index (χ1v) is 2.89. The molecule has 0 aliphatic carbocycles. The average molecular weight is 115 g/mol. The van der Waals surface area contributed by atoms with E-state index in [1.54, 1.807) is 0 Å². The molecule has 2 nitrogen and oxygen atoms in total. The number of carbonyl (C=O) groups excluding carboxylic acids is 1. The van der Waals surface area contributed by atoms with Crippen molar-refractivity contribution < 1.29 is 4.79 Å². The van der Waals surface area contributed by atoms with Crippen molar-refractivity contribution in [1.82, 2.24) is 5.32 Å². The molecule has 1 atom stereocenters. The lowest BCUT2D eigenvalue weighted by Gasteiger charge is -2.03. The topological polar surface area (TPSA) is 29.1 Å². The summed E-state index contributed by atoms with van der Waals surface area (Å²) in [6.07, 6.45) is 1.63. The van der Waals surface area contributed by atoms with Gasteiger partial charge in [0.1, 0.15) is 6.29 Å². The summed E-state index contributed by atoms with van der Waals surface area (Å²) in [4.78, 5) is 9.86. The minimum Gasteiger partial charge on any atom is -0.319 e. The highest BCUT2D eigenvalue weighted by atomic mass is 16.1. The first-order valence-electron chi connectivity index (χ1n) is 2.89. The van der Waals surface area contributed by atoms with Crippen LogP contribution < -0.4 is 5.32 Å². The Bertz CT molecular complexity index is 63.5. The van der Waals surface area contributed by atoms with Gasteiger partial charge in [0.05, 0.1) is 0 Å². The molecule has 0 aromatic heterocycles. The Morgan fingerprint density at radius 1 is 1.75 bits per heavy atom. The first-order chi connectivity index (χ1) is 3.81. The highest BCUT2D eigenvalue weighted by molar-refractivity contribution is 5.49. The highest BCUT2D eigenvalue weighted by Crippen LogP contribution is 1.94. The van der Waals surface area contributed by atoms with Crippen LogP contribution in [0.3, 0.4) is 0 Å². The molecule has 0 saturated carbocycles. The maximum Gasteiger partial charge on any atom is 0.120 e. The Hall–Kier alpha value is -0.370. The van der Waals surface area contributed by atoms with Crippen LogP contribution in [-0.4, -0.2) is 19.9 Å². The third kappa shape index (κ3) is 3.81. The molecular formula is C6H13NO. The quantitative estimate of drug-likeness (QED) is 0.538. The molecule has 1 N–H and O–H groups in total. The fraction of sp³-hybridized carbons (Fsp3) is 0.833. The van der Waals surface area contributed by atoms with E-state index in [4.69, 9.17) is 0 Å². The van der Waals surface area contributed by atoms with Crippen LogP contribution in [0.15, 0.2) is 0 Å². The van der Waals surface area contributed by atoms with Crippen molar-refractivity contribution in [2.75, 3.05) is 13.6 Å². The molecule has 0 spiro atoms. The van der Waals surface area contributed by atoms with Gasteiger partial charge in [-0.15, -0.1) is 0 Å². The van der Waals surface area contributed by atoms with E-state index >= 15 is 0 Å². The molecule has 0 heterocycles. The van der Waals surface area contributed by atoms with Crippen molar-refractivity contribution in [3.05, 3.63) is 0 Å². The SMILES string of the molecule is CNCC(C)CC=O. The summed E-state index contributed by atoms with van der Waals surface area (Å²) in [6, 6.07) is 0. The van der Waals surface area contributed by atoms with E-state index in [0.717, 1.165) is 12.8 Å². The fourth-order valence-corrected chi connectivity index (χ4v) is 0.596. The molecule has 1 unspecified atom stereocenters. The van der Waals surface area contributed by atoms with Gasteiger partial charge in [-0.25, -0.2) is 0 Å². The highest BCUT2D eigenvalue weighted by Gasteiger charge is 1.95. The normalized spacial score (nSPS) is 13.2. The molecule has 2 heteroatoms. The number of carbonyl (C=O) groups is 1. The summed E-state index contributed by atoms with van der Waals surface area (Å²) in [5.41, 5.74) is 0. The zero-order valence-corrected chi connectivity index (χ0v) is 5.48. The third-order valence-corrected chi connectivity index (χ3v) is 1.05. The Morgan fingerprint density at radius 3 is 2.75 bits per heavy atom. The number of aldehydes is 1. The molecule has 48 valence electrons. The Labute approximate surface area is 50.3 Å². The van der Waals surface area contributed by atoms with E-state index in [9.17, 15) is 4.79 Å². The van der Waals surface area contributed by atoms with Gasteiger partial charge in [-0.2, -0.15) is 0 Å². The number of hydrogen-bond donors (Lipinski definition) is 1. The number of nitrogens with one attached hydrogen (secondary N) is 1. The van der Waals surface area contributed by atoms with Gasteiger partial charge in [0.15, 0.2) is 0 Å². The second kappa shape index (κ2) is 4.78. The zero-order valence-electron chi connectivity index (χ0n) is 5.48. The molecule has 0 aromatic carbocycles. The maximum atomic E-state index is 9.86. The lowest BCUT2D eigenvalue weighted by atomic mass is 10.1. The van der Waals surface area contributed by atoms with Crippen LogP contribution in [0.25, 0.3) is 0 Å². The smallest absolute Gasteiger partial charge is 0.120 e. The van der Waals surface area contributed by atoms with Crippen molar-refractivity contribution in [3.8, 4) is 0 Å². The molecule has 0 bridgehead atoms. The molecule has 0 rings (SSSR count). The molecule has 0 aliphatic rings. The summed E-state index contributed by atoms with van der Waals surface area (Å²) >= 11 is 0. The van der Waals surface area contributed by atoms with Gasteiger partial charge in [0, 0.05) is 6.42 Å². The Morgan fingerprint density at radius 2 is 2.38 bits per heavy atom. The van der Waals surface area contributed by atoms with Gasteiger partial charge in [-0.05, 0) is 19.5 Å². The van der Waals surface area contributed by atoms with Crippen LogP contribution >= 0.6 is 0 Å². The summed E-state index contributed by atoms with van der Waals surface area (Å²) in [5.74, 6) is 0.484. The molecular weight excluding hydrogens is 102 g/mol. The number of hydrogen-bond acceptors (Lipinski definition) is 2. The second-order valence-electron chi connectivity index (χ2n) is 2.07. The fourth-order valence-electron chi connectivity index (χ4n) is 0.596. The van der Waals surface area contributed by atoms with Crippen LogP contribution in [0.4, 0.5) is 0 Å². The molecule has 0 saturated heterocycles.